The van der Waals surface area contributed by atoms with E-state index >= 15 is 0 Å². The Morgan fingerprint density at radius 1 is 1.24 bits per heavy atom. The van der Waals surface area contributed by atoms with Gasteiger partial charge in [-0.15, -0.1) is 0 Å². The summed E-state index contributed by atoms with van der Waals surface area (Å²) in [6.45, 7) is 4.28. The van der Waals surface area contributed by atoms with Gasteiger partial charge in [-0.25, -0.2) is 0 Å². The maximum absolute atomic E-state index is 6.38. The Morgan fingerprint density at radius 3 is 2.65 bits per heavy atom. The third-order valence-corrected chi connectivity index (χ3v) is 4.18. The van der Waals surface area contributed by atoms with Gasteiger partial charge in [0.1, 0.15) is 0 Å². The second-order valence-corrected chi connectivity index (χ2v) is 5.71. The molecule has 0 amide bonds. The summed E-state index contributed by atoms with van der Waals surface area (Å²) < 4.78 is 0. The minimum atomic E-state index is -0.162. The zero-order valence-corrected chi connectivity index (χ0v) is 10.4. The number of hydrogen-bond donors (Lipinski definition) is 1. The number of hydrogen-bond acceptors (Lipinski definition) is 2. The van der Waals surface area contributed by atoms with Crippen molar-refractivity contribution in [3.63, 3.8) is 0 Å². The average molecular weight is 226 g/mol. The summed E-state index contributed by atoms with van der Waals surface area (Å²) in [5, 5.41) is 2.51. The molecule has 2 N–H and O–H groups in total. The van der Waals surface area contributed by atoms with Crippen LogP contribution in [0.3, 0.4) is 0 Å². The van der Waals surface area contributed by atoms with Gasteiger partial charge in [-0.3, -0.25) is 4.98 Å². The Morgan fingerprint density at radius 2 is 2.00 bits per heavy atom. The van der Waals surface area contributed by atoms with Crippen molar-refractivity contribution in [1.29, 1.82) is 0 Å². The second kappa shape index (κ2) is 3.30. The molecule has 2 nitrogen and oxygen atoms in total. The highest BCUT2D eigenvalue weighted by Gasteiger charge is 2.54. The van der Waals surface area contributed by atoms with Gasteiger partial charge in [-0.1, -0.05) is 18.2 Å². The Hall–Kier alpha value is -1.41. The molecule has 0 spiro atoms. The van der Waals surface area contributed by atoms with Crippen molar-refractivity contribution in [3.8, 4) is 0 Å². The van der Waals surface area contributed by atoms with Gasteiger partial charge in [0.2, 0.25) is 0 Å². The lowest BCUT2D eigenvalue weighted by Gasteiger charge is -2.32. The van der Waals surface area contributed by atoms with E-state index in [2.05, 4.69) is 43.1 Å². The molecule has 0 saturated heterocycles. The zero-order valence-electron chi connectivity index (χ0n) is 10.4. The summed E-state index contributed by atoms with van der Waals surface area (Å²) >= 11 is 0. The molecule has 3 rings (SSSR count). The lowest BCUT2D eigenvalue weighted by Crippen LogP contribution is -2.45. The van der Waals surface area contributed by atoms with Crippen molar-refractivity contribution >= 4 is 10.8 Å². The molecule has 1 aliphatic rings. The molecule has 1 heterocycles. The molecule has 0 atom stereocenters. The third-order valence-electron chi connectivity index (χ3n) is 4.18. The standard InChI is InChI=1S/C15H18N2/c1-14(2,16)15(7-8-15)13-5-3-4-11-10-17-9-6-12(11)13/h3-6,9-10H,7-8,16H2,1-2H3. The van der Waals surface area contributed by atoms with Crippen LogP contribution in [0.15, 0.2) is 36.7 Å². The summed E-state index contributed by atoms with van der Waals surface area (Å²) in [6.07, 6.45) is 6.18. The van der Waals surface area contributed by atoms with E-state index in [-0.39, 0.29) is 11.0 Å². The van der Waals surface area contributed by atoms with Crippen LogP contribution in [-0.4, -0.2) is 10.5 Å². The molecule has 1 fully saturated rings. The maximum Gasteiger partial charge on any atom is 0.0346 e. The summed E-state index contributed by atoms with van der Waals surface area (Å²) in [5.41, 5.74) is 7.78. The Labute approximate surface area is 102 Å². The SMILES string of the molecule is CC(C)(N)C1(c2cccc3cnccc23)CC1. The maximum atomic E-state index is 6.38. The number of benzene rings is 1. The van der Waals surface area contributed by atoms with Gasteiger partial charge in [0.05, 0.1) is 0 Å². The van der Waals surface area contributed by atoms with Crippen molar-refractivity contribution in [3.05, 3.63) is 42.2 Å². The van der Waals surface area contributed by atoms with Gasteiger partial charge in [0.25, 0.3) is 0 Å². The molecule has 1 aromatic carbocycles. The molecular weight excluding hydrogens is 208 g/mol. The van der Waals surface area contributed by atoms with Crippen molar-refractivity contribution in [2.45, 2.75) is 37.6 Å². The molecule has 2 heteroatoms. The average Bonchev–Trinajstić information content (AvgIpc) is 3.08. The Bertz CT molecular complexity index is 557. The van der Waals surface area contributed by atoms with Crippen LogP contribution >= 0.6 is 0 Å². The van der Waals surface area contributed by atoms with E-state index < -0.39 is 0 Å². The Balaban J connectivity index is 2.25. The monoisotopic (exact) mass is 226 g/mol. The lowest BCUT2D eigenvalue weighted by atomic mass is 9.77. The highest BCUT2D eigenvalue weighted by Crippen LogP contribution is 2.56. The van der Waals surface area contributed by atoms with E-state index in [0.717, 1.165) is 0 Å². The number of nitrogens with two attached hydrogens (primary N) is 1. The van der Waals surface area contributed by atoms with Gasteiger partial charge >= 0.3 is 0 Å². The number of aromatic nitrogens is 1. The number of nitrogens with zero attached hydrogens (tertiary/aromatic N) is 1. The van der Waals surface area contributed by atoms with Gasteiger partial charge in [0.15, 0.2) is 0 Å². The van der Waals surface area contributed by atoms with Gasteiger partial charge in [0, 0.05) is 28.7 Å². The minimum absolute atomic E-state index is 0.161. The second-order valence-electron chi connectivity index (χ2n) is 5.71. The van der Waals surface area contributed by atoms with E-state index in [1.807, 2.05) is 12.4 Å². The van der Waals surface area contributed by atoms with E-state index in [9.17, 15) is 0 Å². The fourth-order valence-corrected chi connectivity index (χ4v) is 2.93. The molecule has 0 radical (unpaired) electrons. The van der Waals surface area contributed by atoms with Crippen molar-refractivity contribution in [1.82, 2.24) is 4.98 Å². The molecule has 0 bridgehead atoms. The van der Waals surface area contributed by atoms with Gasteiger partial charge in [-0.05, 0) is 43.7 Å². The van der Waals surface area contributed by atoms with Crippen LogP contribution in [0.25, 0.3) is 10.8 Å². The Kier molecular flexibility index (Phi) is 2.08. The van der Waals surface area contributed by atoms with Crippen LogP contribution < -0.4 is 5.73 Å². The number of fused-ring (bicyclic) bond motifs is 1. The molecule has 88 valence electrons. The molecule has 0 aliphatic heterocycles. The van der Waals surface area contributed by atoms with Crippen LogP contribution in [0.4, 0.5) is 0 Å². The fraction of sp³-hybridized carbons (Fsp3) is 0.400. The first-order chi connectivity index (χ1) is 8.05. The minimum Gasteiger partial charge on any atom is -0.325 e. The van der Waals surface area contributed by atoms with Crippen molar-refractivity contribution in [2.24, 2.45) is 5.73 Å². The summed E-state index contributed by atoms with van der Waals surface area (Å²) in [6, 6.07) is 8.57. The van der Waals surface area contributed by atoms with Crippen LogP contribution in [0.5, 0.6) is 0 Å². The highest BCUT2D eigenvalue weighted by molar-refractivity contribution is 5.86. The molecule has 1 aromatic heterocycles. The predicted octanol–water partition coefficient (Wildman–Crippen LogP) is 3.00. The topological polar surface area (TPSA) is 38.9 Å². The first-order valence-corrected chi connectivity index (χ1v) is 6.17. The van der Waals surface area contributed by atoms with Crippen molar-refractivity contribution in [2.75, 3.05) is 0 Å². The fourth-order valence-electron chi connectivity index (χ4n) is 2.93. The predicted molar refractivity (Wildman–Crippen MR) is 70.9 cm³/mol. The first-order valence-electron chi connectivity index (χ1n) is 6.17. The van der Waals surface area contributed by atoms with Gasteiger partial charge < -0.3 is 5.73 Å². The van der Waals surface area contributed by atoms with Crippen LogP contribution in [-0.2, 0) is 5.41 Å². The molecule has 17 heavy (non-hydrogen) atoms. The van der Waals surface area contributed by atoms with Gasteiger partial charge in [-0.2, -0.15) is 0 Å². The molecule has 1 aliphatic carbocycles. The molecule has 0 unspecified atom stereocenters. The third kappa shape index (κ3) is 1.48. The van der Waals surface area contributed by atoms with Crippen LogP contribution in [0.2, 0.25) is 0 Å². The molecular formula is C15H18N2. The number of pyridine rings is 1. The van der Waals surface area contributed by atoms with E-state index in [1.165, 1.54) is 29.2 Å². The summed E-state index contributed by atoms with van der Waals surface area (Å²) in [7, 11) is 0. The van der Waals surface area contributed by atoms with Crippen LogP contribution in [0.1, 0.15) is 32.3 Å². The molecule has 1 saturated carbocycles. The quantitative estimate of drug-likeness (QED) is 0.855. The largest absolute Gasteiger partial charge is 0.325 e. The van der Waals surface area contributed by atoms with E-state index in [1.54, 1.807) is 0 Å². The normalized spacial score (nSPS) is 18.3. The molecule has 2 aromatic rings. The smallest absolute Gasteiger partial charge is 0.0346 e. The first kappa shape index (κ1) is 10.7. The summed E-state index contributed by atoms with van der Waals surface area (Å²) in [5.74, 6) is 0. The van der Waals surface area contributed by atoms with E-state index in [0.29, 0.717) is 0 Å². The number of rotatable bonds is 2. The zero-order chi connectivity index (χ0) is 12.1. The van der Waals surface area contributed by atoms with Crippen molar-refractivity contribution < 1.29 is 0 Å². The lowest BCUT2D eigenvalue weighted by molar-refractivity contribution is 0.394. The van der Waals surface area contributed by atoms with Crippen LogP contribution in [0, 0.1) is 0 Å². The van der Waals surface area contributed by atoms with E-state index in [4.69, 9.17) is 5.73 Å². The highest BCUT2D eigenvalue weighted by atomic mass is 14.8. The summed E-state index contributed by atoms with van der Waals surface area (Å²) in [4.78, 5) is 4.19.